The van der Waals surface area contributed by atoms with Crippen LogP contribution < -0.4 is 15.6 Å². The summed E-state index contributed by atoms with van der Waals surface area (Å²) in [6, 6.07) is 15.2. The first-order chi connectivity index (χ1) is 16.0. The number of unbranched alkanes of at least 4 members (excludes halogenated alkanes) is 1. The predicted molar refractivity (Wildman–Crippen MR) is 132 cm³/mol. The lowest BCUT2D eigenvalue weighted by atomic mass is 9.86. The Kier molecular flexibility index (Phi) is 7.40. The quantitative estimate of drug-likeness (QED) is 0.264. The Hall–Kier alpha value is -2.77. The monoisotopic (exact) mass is 483 g/mol. The number of halogens is 1. The lowest BCUT2D eigenvalue weighted by molar-refractivity contribution is -0.116. The van der Waals surface area contributed by atoms with Gasteiger partial charge in [0.15, 0.2) is 5.16 Å². The summed E-state index contributed by atoms with van der Waals surface area (Å²) >= 11 is 7.41. The number of carbonyl (C=O) groups excluding carboxylic acids is 1. The molecule has 0 unspecified atom stereocenters. The van der Waals surface area contributed by atoms with Gasteiger partial charge in [-0.05, 0) is 30.2 Å². The molecule has 1 atom stereocenters. The fourth-order valence-electron chi connectivity index (χ4n) is 3.88. The molecule has 1 amide bonds. The van der Waals surface area contributed by atoms with Crippen LogP contribution >= 0.6 is 23.4 Å². The van der Waals surface area contributed by atoms with Gasteiger partial charge in [-0.1, -0.05) is 67.0 Å². The summed E-state index contributed by atoms with van der Waals surface area (Å²) in [5.74, 6) is 1.29. The van der Waals surface area contributed by atoms with E-state index in [-0.39, 0.29) is 17.9 Å². The van der Waals surface area contributed by atoms with Crippen LogP contribution in [0.1, 0.15) is 48.8 Å². The van der Waals surface area contributed by atoms with E-state index < -0.39 is 5.92 Å². The van der Waals surface area contributed by atoms with E-state index in [9.17, 15) is 9.59 Å². The van der Waals surface area contributed by atoms with Gasteiger partial charge in [0.2, 0.25) is 5.91 Å². The number of benzene rings is 2. The summed E-state index contributed by atoms with van der Waals surface area (Å²) in [6.45, 7) is 2.70. The number of hydrogen-bond acceptors (Lipinski definition) is 5. The smallest absolute Gasteiger partial charge is 0.279 e. The highest BCUT2D eigenvalue weighted by Gasteiger charge is 2.33. The number of fused-ring (bicyclic) bond motifs is 1. The highest BCUT2D eigenvalue weighted by atomic mass is 35.5. The van der Waals surface area contributed by atoms with E-state index in [0.29, 0.717) is 39.7 Å². The van der Waals surface area contributed by atoms with Gasteiger partial charge in [-0.25, -0.2) is 0 Å². The van der Waals surface area contributed by atoms with E-state index in [2.05, 4.69) is 17.2 Å². The molecule has 0 saturated heterocycles. The Bertz CT molecular complexity index is 1210. The maximum absolute atomic E-state index is 13.2. The molecule has 2 heterocycles. The van der Waals surface area contributed by atoms with E-state index in [1.807, 2.05) is 55.6 Å². The maximum Gasteiger partial charge on any atom is 0.279 e. The van der Waals surface area contributed by atoms with Gasteiger partial charge in [-0.15, -0.1) is 0 Å². The van der Waals surface area contributed by atoms with Crippen molar-refractivity contribution in [3.8, 4) is 5.75 Å². The molecule has 0 radical (unpaired) electrons. The summed E-state index contributed by atoms with van der Waals surface area (Å²) in [7, 11) is 1.82. The maximum atomic E-state index is 13.2. The van der Waals surface area contributed by atoms with Gasteiger partial charge in [0.1, 0.15) is 11.6 Å². The first kappa shape index (κ1) is 23.4. The topological polar surface area (TPSA) is 73.2 Å². The summed E-state index contributed by atoms with van der Waals surface area (Å²) in [5.41, 5.74) is 2.08. The average Bonchev–Trinajstić information content (AvgIpc) is 2.81. The first-order valence-electron chi connectivity index (χ1n) is 11.0. The number of rotatable bonds is 8. The van der Waals surface area contributed by atoms with Crippen LogP contribution in [0.4, 0.5) is 5.82 Å². The highest BCUT2D eigenvalue weighted by Crippen LogP contribution is 2.39. The van der Waals surface area contributed by atoms with Gasteiger partial charge in [-0.2, -0.15) is 4.98 Å². The molecule has 0 fully saturated rings. The van der Waals surface area contributed by atoms with Crippen LogP contribution in [0.3, 0.4) is 0 Å². The number of aromatic nitrogens is 2. The number of para-hydroxylation sites is 1. The summed E-state index contributed by atoms with van der Waals surface area (Å²) in [5, 5.41) is 4.12. The van der Waals surface area contributed by atoms with Crippen LogP contribution in [0.15, 0.2) is 58.5 Å². The van der Waals surface area contributed by atoms with Crippen molar-refractivity contribution in [3.05, 3.63) is 80.6 Å². The van der Waals surface area contributed by atoms with Crippen molar-refractivity contribution in [3.63, 3.8) is 0 Å². The van der Waals surface area contributed by atoms with Gasteiger partial charge < -0.3 is 14.6 Å². The number of hydrogen-bond donors (Lipinski definition) is 1. The minimum atomic E-state index is -0.409. The standard InChI is InChI=1S/C25H26ClN3O3S/c1-3-4-13-32-20-8-6-5-7-18(20)19-14-21(30)27-23-22(19)24(31)28-25(29(23)2)33-15-16-9-11-17(26)12-10-16/h5-12,19H,3-4,13-15H2,1-2H3,(H,27,30)/t19-/m1/s1. The van der Waals surface area contributed by atoms with Crippen molar-refractivity contribution < 1.29 is 9.53 Å². The van der Waals surface area contributed by atoms with E-state index in [0.717, 1.165) is 24.0 Å². The summed E-state index contributed by atoms with van der Waals surface area (Å²) < 4.78 is 7.79. The SMILES string of the molecule is CCCCOc1ccccc1[C@H]1CC(=O)Nc2c1c(=O)nc(SCc1ccc(Cl)cc1)n2C. The van der Waals surface area contributed by atoms with Crippen LogP contribution in [-0.4, -0.2) is 22.1 Å². The van der Waals surface area contributed by atoms with E-state index >= 15 is 0 Å². The predicted octanol–water partition coefficient (Wildman–Crippen LogP) is 5.38. The molecule has 3 aromatic rings. The van der Waals surface area contributed by atoms with Crippen molar-refractivity contribution in [2.75, 3.05) is 11.9 Å². The van der Waals surface area contributed by atoms with E-state index in [4.69, 9.17) is 16.3 Å². The summed E-state index contributed by atoms with van der Waals surface area (Å²) in [6.07, 6.45) is 2.14. The zero-order valence-electron chi connectivity index (χ0n) is 18.6. The van der Waals surface area contributed by atoms with Gasteiger partial charge in [0.05, 0.1) is 12.2 Å². The molecule has 0 bridgehead atoms. The number of amides is 1. The minimum Gasteiger partial charge on any atom is -0.493 e. The third kappa shape index (κ3) is 5.25. The van der Waals surface area contributed by atoms with E-state index in [1.165, 1.54) is 11.8 Å². The molecule has 1 aromatic heterocycles. The second-order valence-corrected chi connectivity index (χ2v) is 9.36. The van der Waals surface area contributed by atoms with Crippen LogP contribution in [0.25, 0.3) is 0 Å². The molecular formula is C25H26ClN3O3S. The van der Waals surface area contributed by atoms with Crippen molar-refractivity contribution in [2.24, 2.45) is 7.05 Å². The minimum absolute atomic E-state index is 0.134. The number of nitrogens with one attached hydrogen (secondary N) is 1. The van der Waals surface area contributed by atoms with Gasteiger partial charge >= 0.3 is 0 Å². The molecule has 0 spiro atoms. The number of carbonyl (C=O) groups is 1. The van der Waals surface area contributed by atoms with Crippen LogP contribution in [0, 0.1) is 0 Å². The zero-order chi connectivity index (χ0) is 23.4. The molecule has 33 heavy (non-hydrogen) atoms. The fourth-order valence-corrected chi connectivity index (χ4v) is 4.93. The fraction of sp³-hybridized carbons (Fsp3) is 0.320. The molecule has 172 valence electrons. The normalized spacial score (nSPS) is 15.1. The number of anilines is 1. The molecule has 0 aliphatic carbocycles. The van der Waals surface area contributed by atoms with Crippen molar-refractivity contribution in [1.82, 2.24) is 9.55 Å². The van der Waals surface area contributed by atoms with Gasteiger partial charge in [0, 0.05) is 35.7 Å². The van der Waals surface area contributed by atoms with Crippen LogP contribution in [0.2, 0.25) is 5.02 Å². The third-order valence-corrected chi connectivity index (χ3v) is 6.98. The highest BCUT2D eigenvalue weighted by molar-refractivity contribution is 7.98. The van der Waals surface area contributed by atoms with Crippen molar-refractivity contribution in [1.29, 1.82) is 0 Å². The Labute approximate surface area is 202 Å². The van der Waals surface area contributed by atoms with Crippen molar-refractivity contribution >= 4 is 35.1 Å². The second-order valence-electron chi connectivity index (χ2n) is 7.98. The molecule has 4 rings (SSSR count). The third-order valence-electron chi connectivity index (χ3n) is 5.63. The van der Waals surface area contributed by atoms with Crippen molar-refractivity contribution in [2.45, 2.75) is 43.0 Å². The Morgan fingerprint density at radius 3 is 2.70 bits per heavy atom. The molecule has 1 aliphatic rings. The van der Waals surface area contributed by atoms with Gasteiger partial charge in [0.25, 0.3) is 5.56 Å². The molecular weight excluding hydrogens is 458 g/mol. The number of ether oxygens (including phenoxy) is 1. The largest absolute Gasteiger partial charge is 0.493 e. The second kappa shape index (κ2) is 10.4. The Balaban J connectivity index is 1.68. The Morgan fingerprint density at radius 1 is 1.18 bits per heavy atom. The molecule has 2 aromatic carbocycles. The lowest BCUT2D eigenvalue weighted by Crippen LogP contribution is -2.33. The summed E-state index contributed by atoms with van der Waals surface area (Å²) in [4.78, 5) is 30.2. The molecule has 0 saturated carbocycles. The van der Waals surface area contributed by atoms with Crippen LogP contribution in [-0.2, 0) is 17.6 Å². The van der Waals surface area contributed by atoms with Gasteiger partial charge in [-0.3, -0.25) is 9.59 Å². The first-order valence-corrected chi connectivity index (χ1v) is 12.3. The molecule has 6 nitrogen and oxygen atoms in total. The zero-order valence-corrected chi connectivity index (χ0v) is 20.2. The van der Waals surface area contributed by atoms with Crippen LogP contribution in [0.5, 0.6) is 5.75 Å². The van der Waals surface area contributed by atoms with E-state index in [1.54, 1.807) is 4.57 Å². The average molecular weight is 484 g/mol. The molecule has 8 heteroatoms. The molecule has 1 aliphatic heterocycles. The number of thioether (sulfide) groups is 1. The number of nitrogens with zero attached hydrogens (tertiary/aromatic N) is 2. The molecule has 1 N–H and O–H groups in total. The Morgan fingerprint density at radius 2 is 1.94 bits per heavy atom. The lowest BCUT2D eigenvalue weighted by Gasteiger charge is -2.28.